The number of fused-ring (bicyclic) bond motifs is 1. The molecule has 0 saturated heterocycles. The summed E-state index contributed by atoms with van der Waals surface area (Å²) in [5.41, 5.74) is -0.109. The van der Waals surface area contributed by atoms with Crippen LogP contribution in [0.4, 0.5) is 0 Å². The standard InChI is InChI=1S/C9H5NO5/c11-7-4-2-1-3-5(9(13)15-14)6(4)8(12)10-7/h1-3,14H,(H,10,11,12). The van der Waals surface area contributed by atoms with Gasteiger partial charge in [0.1, 0.15) is 0 Å². The Hall–Kier alpha value is -2.21. The van der Waals surface area contributed by atoms with Crippen LogP contribution in [0.15, 0.2) is 18.2 Å². The van der Waals surface area contributed by atoms with Gasteiger partial charge in [-0.25, -0.2) is 4.79 Å². The largest absolute Gasteiger partial charge is 0.373 e. The second kappa shape index (κ2) is 3.18. The molecular formula is C9H5NO5. The van der Waals surface area contributed by atoms with Gasteiger partial charge >= 0.3 is 5.97 Å². The molecule has 2 N–H and O–H groups in total. The zero-order chi connectivity index (χ0) is 11.0. The van der Waals surface area contributed by atoms with E-state index in [-0.39, 0.29) is 16.7 Å². The molecule has 0 aliphatic carbocycles. The van der Waals surface area contributed by atoms with Gasteiger partial charge in [0.15, 0.2) is 0 Å². The minimum atomic E-state index is -1.07. The van der Waals surface area contributed by atoms with Crippen molar-refractivity contribution in [2.75, 3.05) is 0 Å². The molecule has 0 spiro atoms. The Morgan fingerprint density at radius 1 is 1.27 bits per heavy atom. The first kappa shape index (κ1) is 9.35. The molecule has 6 nitrogen and oxygen atoms in total. The summed E-state index contributed by atoms with van der Waals surface area (Å²) in [7, 11) is 0. The maximum atomic E-state index is 11.3. The van der Waals surface area contributed by atoms with Crippen LogP contribution in [0, 0.1) is 0 Å². The van der Waals surface area contributed by atoms with Crippen molar-refractivity contribution in [1.82, 2.24) is 5.32 Å². The van der Waals surface area contributed by atoms with E-state index in [4.69, 9.17) is 5.26 Å². The zero-order valence-corrected chi connectivity index (χ0v) is 7.31. The molecule has 0 fully saturated rings. The number of benzene rings is 1. The predicted octanol–water partition coefficient (Wildman–Crippen LogP) is 0.200. The van der Waals surface area contributed by atoms with E-state index in [0.29, 0.717) is 0 Å². The molecule has 0 bridgehead atoms. The van der Waals surface area contributed by atoms with Crippen LogP contribution in [-0.4, -0.2) is 23.0 Å². The molecule has 0 saturated carbocycles. The van der Waals surface area contributed by atoms with E-state index in [1.807, 2.05) is 5.32 Å². The van der Waals surface area contributed by atoms with Crippen molar-refractivity contribution in [3.8, 4) is 0 Å². The molecule has 6 heteroatoms. The van der Waals surface area contributed by atoms with Crippen LogP contribution in [0.3, 0.4) is 0 Å². The highest BCUT2D eigenvalue weighted by molar-refractivity contribution is 6.24. The highest BCUT2D eigenvalue weighted by Crippen LogP contribution is 2.20. The van der Waals surface area contributed by atoms with Gasteiger partial charge in [0.2, 0.25) is 0 Å². The predicted molar refractivity (Wildman–Crippen MR) is 46.3 cm³/mol. The zero-order valence-electron chi connectivity index (χ0n) is 7.31. The third-order valence-corrected chi connectivity index (χ3v) is 2.07. The molecule has 1 aliphatic heterocycles. The summed E-state index contributed by atoms with van der Waals surface area (Å²) in [6, 6.07) is 4.11. The van der Waals surface area contributed by atoms with Crippen LogP contribution in [0.25, 0.3) is 0 Å². The summed E-state index contributed by atoms with van der Waals surface area (Å²) in [5, 5.41) is 10.2. The molecule has 2 rings (SSSR count). The van der Waals surface area contributed by atoms with Crippen molar-refractivity contribution in [1.29, 1.82) is 0 Å². The van der Waals surface area contributed by atoms with E-state index in [2.05, 4.69) is 4.89 Å². The summed E-state index contributed by atoms with van der Waals surface area (Å²) in [4.78, 5) is 37.1. The van der Waals surface area contributed by atoms with Crippen LogP contribution in [-0.2, 0) is 4.89 Å². The Morgan fingerprint density at radius 2 is 2.00 bits per heavy atom. The van der Waals surface area contributed by atoms with Gasteiger partial charge in [-0.2, -0.15) is 5.26 Å². The van der Waals surface area contributed by atoms with E-state index < -0.39 is 17.8 Å². The molecule has 15 heavy (non-hydrogen) atoms. The van der Waals surface area contributed by atoms with Crippen molar-refractivity contribution < 1.29 is 24.5 Å². The van der Waals surface area contributed by atoms with Crippen LogP contribution in [0.1, 0.15) is 31.1 Å². The summed E-state index contributed by atoms with van der Waals surface area (Å²) < 4.78 is 0. The van der Waals surface area contributed by atoms with E-state index in [1.165, 1.54) is 18.2 Å². The fourth-order valence-corrected chi connectivity index (χ4v) is 1.44. The summed E-state index contributed by atoms with van der Waals surface area (Å²) in [6.07, 6.45) is 0. The Balaban J connectivity index is 2.65. The van der Waals surface area contributed by atoms with Gasteiger partial charge in [0, 0.05) is 0 Å². The van der Waals surface area contributed by atoms with Crippen molar-refractivity contribution in [3.05, 3.63) is 34.9 Å². The fourth-order valence-electron chi connectivity index (χ4n) is 1.44. The highest BCUT2D eigenvalue weighted by Gasteiger charge is 2.31. The third-order valence-electron chi connectivity index (χ3n) is 2.07. The number of imide groups is 1. The van der Waals surface area contributed by atoms with Crippen molar-refractivity contribution in [2.24, 2.45) is 0 Å². The molecule has 0 aromatic heterocycles. The minimum absolute atomic E-state index is 0.0680. The van der Waals surface area contributed by atoms with Crippen molar-refractivity contribution in [3.63, 3.8) is 0 Å². The average Bonchev–Trinajstić information content (AvgIpc) is 2.54. The molecule has 1 aromatic rings. The number of nitrogens with one attached hydrogen (secondary N) is 1. The number of carbonyl (C=O) groups excluding carboxylic acids is 3. The molecular weight excluding hydrogens is 202 g/mol. The number of amides is 2. The lowest BCUT2D eigenvalue weighted by Crippen LogP contribution is -2.20. The van der Waals surface area contributed by atoms with Gasteiger partial charge in [0.05, 0.1) is 16.7 Å². The normalized spacial score (nSPS) is 13.4. The molecule has 0 atom stereocenters. The number of hydrogen-bond acceptors (Lipinski definition) is 5. The quantitative estimate of drug-likeness (QED) is 0.390. The van der Waals surface area contributed by atoms with Crippen molar-refractivity contribution >= 4 is 17.8 Å². The highest BCUT2D eigenvalue weighted by atomic mass is 17.1. The van der Waals surface area contributed by atoms with E-state index in [9.17, 15) is 14.4 Å². The van der Waals surface area contributed by atoms with Gasteiger partial charge in [-0.05, 0) is 12.1 Å². The number of rotatable bonds is 1. The van der Waals surface area contributed by atoms with Gasteiger partial charge in [-0.3, -0.25) is 19.8 Å². The van der Waals surface area contributed by atoms with Gasteiger partial charge in [-0.15, -0.1) is 0 Å². The smallest absolute Gasteiger partial charge is 0.295 e. The third kappa shape index (κ3) is 1.27. The molecule has 0 radical (unpaired) electrons. The molecule has 76 valence electrons. The SMILES string of the molecule is O=C1NC(=O)c2c1cccc2C(=O)OO. The van der Waals surface area contributed by atoms with E-state index in [0.717, 1.165) is 0 Å². The Labute approximate surface area is 83.4 Å². The first-order valence-electron chi connectivity index (χ1n) is 3.99. The van der Waals surface area contributed by atoms with Crippen LogP contribution >= 0.6 is 0 Å². The molecule has 0 unspecified atom stereocenters. The molecule has 1 aromatic carbocycles. The average molecular weight is 207 g/mol. The van der Waals surface area contributed by atoms with Gasteiger partial charge in [-0.1, -0.05) is 6.07 Å². The lowest BCUT2D eigenvalue weighted by Gasteiger charge is -2.00. The number of hydrogen-bond donors (Lipinski definition) is 2. The lowest BCUT2D eigenvalue weighted by atomic mass is 10.0. The molecule has 1 heterocycles. The maximum Gasteiger partial charge on any atom is 0.373 e. The Bertz CT molecular complexity index is 479. The van der Waals surface area contributed by atoms with Crippen LogP contribution in [0.2, 0.25) is 0 Å². The lowest BCUT2D eigenvalue weighted by molar-refractivity contribution is -0.182. The second-order valence-electron chi connectivity index (χ2n) is 2.89. The Kier molecular flexibility index (Phi) is 1.98. The second-order valence-corrected chi connectivity index (χ2v) is 2.89. The van der Waals surface area contributed by atoms with Crippen LogP contribution < -0.4 is 5.32 Å². The fraction of sp³-hybridized carbons (Fsp3) is 0. The molecule has 1 aliphatic rings. The topological polar surface area (TPSA) is 92.7 Å². The summed E-state index contributed by atoms with van der Waals surface area (Å²) >= 11 is 0. The maximum absolute atomic E-state index is 11.3. The number of carbonyl (C=O) groups is 3. The minimum Gasteiger partial charge on any atom is -0.295 e. The van der Waals surface area contributed by atoms with Crippen molar-refractivity contribution in [2.45, 2.75) is 0 Å². The Morgan fingerprint density at radius 3 is 2.67 bits per heavy atom. The summed E-state index contributed by atoms with van der Waals surface area (Å²) in [6.45, 7) is 0. The summed E-state index contributed by atoms with van der Waals surface area (Å²) in [5.74, 6) is -2.31. The first-order chi connectivity index (χ1) is 7.15. The van der Waals surface area contributed by atoms with Crippen LogP contribution in [0.5, 0.6) is 0 Å². The molecule has 2 amide bonds. The van der Waals surface area contributed by atoms with E-state index >= 15 is 0 Å². The van der Waals surface area contributed by atoms with Gasteiger partial charge < -0.3 is 0 Å². The van der Waals surface area contributed by atoms with E-state index in [1.54, 1.807) is 0 Å². The monoisotopic (exact) mass is 207 g/mol. The first-order valence-corrected chi connectivity index (χ1v) is 3.99. The van der Waals surface area contributed by atoms with Gasteiger partial charge in [0.25, 0.3) is 11.8 Å².